The van der Waals surface area contributed by atoms with Crippen LogP contribution in [0.4, 0.5) is 0 Å². The normalized spacial score (nSPS) is 12.0. The average molecular weight is 215 g/mol. The van der Waals surface area contributed by atoms with E-state index in [0.29, 0.717) is 0 Å². The molecule has 0 rings (SSSR count). The summed E-state index contributed by atoms with van der Waals surface area (Å²) in [6.45, 7) is 16.1. The van der Waals surface area contributed by atoms with Gasteiger partial charge in [0, 0.05) is 17.9 Å². The fourth-order valence-electron chi connectivity index (χ4n) is 1.25. The molecule has 0 atom stereocenters. The van der Waals surface area contributed by atoms with Gasteiger partial charge < -0.3 is 4.90 Å². The number of rotatable bonds is 7. The third-order valence-electron chi connectivity index (χ3n) is 2.03. The Kier molecular flexibility index (Phi) is 7.60. The molecule has 0 aliphatic heterocycles. The van der Waals surface area contributed by atoms with E-state index in [1.54, 1.807) is 12.2 Å². The van der Waals surface area contributed by atoms with Crippen LogP contribution in [0.3, 0.4) is 0 Å². The minimum absolute atomic E-state index is 0.812. The van der Waals surface area contributed by atoms with Crippen LogP contribution in [0.2, 0.25) is 0 Å². The molecule has 0 N–H and O–H groups in total. The lowest BCUT2D eigenvalue weighted by molar-refractivity contribution is 0.477. The maximum atomic E-state index is 3.96. The second kappa shape index (κ2) is 8.54. The first-order valence-electron chi connectivity index (χ1n) is 5.30. The van der Waals surface area contributed by atoms with E-state index in [2.05, 4.69) is 30.7 Å². The highest BCUT2D eigenvalue weighted by Crippen LogP contribution is 2.10. The Morgan fingerprint density at radius 2 is 1.75 bits per heavy atom. The van der Waals surface area contributed by atoms with E-state index in [0.717, 1.165) is 17.9 Å². The molecule has 1 heteroatoms. The summed E-state index contributed by atoms with van der Waals surface area (Å²) in [5.41, 5.74) is 2.16. The Bertz CT molecular complexity index is 329. The zero-order valence-electron chi connectivity index (χ0n) is 10.3. The number of allylic oxidation sites excluding steroid dienone is 8. The Morgan fingerprint density at radius 3 is 2.25 bits per heavy atom. The second-order valence-electron chi connectivity index (χ2n) is 3.44. The van der Waals surface area contributed by atoms with Crippen LogP contribution >= 0.6 is 0 Å². The molecule has 16 heavy (non-hydrogen) atoms. The topological polar surface area (TPSA) is 3.24 Å². The molecule has 0 saturated carbocycles. The van der Waals surface area contributed by atoms with E-state index in [-0.39, 0.29) is 0 Å². The lowest BCUT2D eigenvalue weighted by Crippen LogP contribution is -2.18. The Balaban J connectivity index is 4.47. The highest BCUT2D eigenvalue weighted by molar-refractivity contribution is 5.15. The highest BCUT2D eigenvalue weighted by Gasteiger charge is 2.02. The molecule has 86 valence electrons. The maximum absolute atomic E-state index is 3.96. The summed E-state index contributed by atoms with van der Waals surface area (Å²) < 4.78 is 0. The van der Waals surface area contributed by atoms with Gasteiger partial charge in [-0.15, -0.1) is 0 Å². The summed E-state index contributed by atoms with van der Waals surface area (Å²) in [5.74, 6) is 0. The first kappa shape index (κ1) is 14.2. The number of hydrogen-bond acceptors (Lipinski definition) is 1. The average Bonchev–Trinajstić information content (AvgIpc) is 2.23. The quantitative estimate of drug-likeness (QED) is 0.575. The van der Waals surface area contributed by atoms with Gasteiger partial charge in [0.25, 0.3) is 0 Å². The minimum Gasteiger partial charge on any atom is -0.346 e. The molecule has 0 amide bonds. The molecule has 0 heterocycles. The standard InChI is InChI=1S/C15H21N/c1-6-8-9-10-11-13-16(14(3)4)15(5)12-7-2/h6-12H,1-3,13H2,4-5H3/b9-8-,11-10-,15-12+. The number of hydrogen-bond donors (Lipinski definition) is 0. The zero-order chi connectivity index (χ0) is 12.4. The summed E-state index contributed by atoms with van der Waals surface area (Å²) in [4.78, 5) is 2.12. The van der Waals surface area contributed by atoms with Crippen LogP contribution in [0.1, 0.15) is 13.8 Å². The van der Waals surface area contributed by atoms with Gasteiger partial charge in [0.15, 0.2) is 0 Å². The van der Waals surface area contributed by atoms with Crippen molar-refractivity contribution in [3.05, 3.63) is 73.7 Å². The zero-order valence-corrected chi connectivity index (χ0v) is 10.3. The molecular weight excluding hydrogens is 194 g/mol. The van der Waals surface area contributed by atoms with Gasteiger partial charge in [-0.25, -0.2) is 0 Å². The summed E-state index contributed by atoms with van der Waals surface area (Å²) in [6, 6.07) is 0. The van der Waals surface area contributed by atoms with Crippen molar-refractivity contribution in [3.63, 3.8) is 0 Å². The van der Waals surface area contributed by atoms with Gasteiger partial charge in [-0.2, -0.15) is 0 Å². The summed E-state index contributed by atoms with van der Waals surface area (Å²) in [5, 5.41) is 0. The molecular formula is C15H21N. The van der Waals surface area contributed by atoms with Gasteiger partial charge in [0.05, 0.1) is 0 Å². The fraction of sp³-hybridized carbons (Fsp3) is 0.200. The predicted octanol–water partition coefficient (Wildman–Crippen LogP) is 4.21. The first-order chi connectivity index (χ1) is 7.63. The van der Waals surface area contributed by atoms with Crippen molar-refractivity contribution in [2.45, 2.75) is 13.8 Å². The minimum atomic E-state index is 0.812. The van der Waals surface area contributed by atoms with Crippen LogP contribution < -0.4 is 0 Å². The lowest BCUT2D eigenvalue weighted by Gasteiger charge is -2.23. The van der Waals surface area contributed by atoms with Crippen molar-refractivity contribution in [2.24, 2.45) is 0 Å². The van der Waals surface area contributed by atoms with Crippen molar-refractivity contribution in [1.82, 2.24) is 4.90 Å². The second-order valence-corrected chi connectivity index (χ2v) is 3.44. The van der Waals surface area contributed by atoms with E-state index in [9.17, 15) is 0 Å². The third-order valence-corrected chi connectivity index (χ3v) is 2.03. The van der Waals surface area contributed by atoms with Gasteiger partial charge in [-0.1, -0.05) is 56.2 Å². The summed E-state index contributed by atoms with van der Waals surface area (Å²) >= 11 is 0. The van der Waals surface area contributed by atoms with Crippen LogP contribution in [-0.4, -0.2) is 11.4 Å². The molecule has 0 aliphatic carbocycles. The van der Waals surface area contributed by atoms with Crippen LogP contribution in [0.25, 0.3) is 0 Å². The van der Waals surface area contributed by atoms with Gasteiger partial charge in [0.2, 0.25) is 0 Å². The SMILES string of the molecule is C=C/C=C\C=C/CN(C(=C)C)/C(C)=C/C=C. The van der Waals surface area contributed by atoms with Crippen molar-refractivity contribution < 1.29 is 0 Å². The molecule has 0 aliphatic rings. The van der Waals surface area contributed by atoms with Gasteiger partial charge in [-0.05, 0) is 19.9 Å². The van der Waals surface area contributed by atoms with E-state index in [4.69, 9.17) is 0 Å². The van der Waals surface area contributed by atoms with E-state index in [1.807, 2.05) is 38.2 Å². The van der Waals surface area contributed by atoms with E-state index >= 15 is 0 Å². The Morgan fingerprint density at radius 1 is 1.06 bits per heavy atom. The molecule has 0 saturated heterocycles. The molecule has 0 aromatic heterocycles. The third kappa shape index (κ3) is 5.86. The fourth-order valence-corrected chi connectivity index (χ4v) is 1.25. The van der Waals surface area contributed by atoms with Crippen LogP contribution in [0, 0.1) is 0 Å². The molecule has 0 aromatic rings. The maximum Gasteiger partial charge on any atom is 0.0408 e. The van der Waals surface area contributed by atoms with Crippen molar-refractivity contribution >= 4 is 0 Å². The molecule has 0 unspecified atom stereocenters. The number of nitrogens with zero attached hydrogens (tertiary/aromatic N) is 1. The lowest BCUT2D eigenvalue weighted by atomic mass is 10.3. The van der Waals surface area contributed by atoms with Crippen molar-refractivity contribution in [2.75, 3.05) is 6.54 Å². The van der Waals surface area contributed by atoms with Crippen LogP contribution in [0.15, 0.2) is 73.7 Å². The molecule has 0 bridgehead atoms. The predicted molar refractivity (Wildman–Crippen MR) is 74.0 cm³/mol. The van der Waals surface area contributed by atoms with Crippen LogP contribution in [-0.2, 0) is 0 Å². The van der Waals surface area contributed by atoms with Crippen LogP contribution in [0.5, 0.6) is 0 Å². The Labute approximate surface area is 99.5 Å². The van der Waals surface area contributed by atoms with E-state index < -0.39 is 0 Å². The summed E-state index contributed by atoms with van der Waals surface area (Å²) in [7, 11) is 0. The smallest absolute Gasteiger partial charge is 0.0408 e. The molecule has 0 aromatic carbocycles. The van der Waals surface area contributed by atoms with Gasteiger partial charge in [0.1, 0.15) is 0 Å². The molecule has 0 radical (unpaired) electrons. The first-order valence-corrected chi connectivity index (χ1v) is 5.30. The van der Waals surface area contributed by atoms with Crippen molar-refractivity contribution in [1.29, 1.82) is 0 Å². The van der Waals surface area contributed by atoms with E-state index in [1.165, 1.54) is 0 Å². The monoisotopic (exact) mass is 215 g/mol. The van der Waals surface area contributed by atoms with Gasteiger partial charge >= 0.3 is 0 Å². The largest absolute Gasteiger partial charge is 0.346 e. The highest BCUT2D eigenvalue weighted by atomic mass is 15.1. The molecule has 0 fully saturated rings. The molecule has 1 nitrogen and oxygen atoms in total. The molecule has 0 spiro atoms. The van der Waals surface area contributed by atoms with Crippen molar-refractivity contribution in [3.8, 4) is 0 Å². The summed E-state index contributed by atoms with van der Waals surface area (Å²) in [6.07, 6.45) is 13.4. The van der Waals surface area contributed by atoms with Gasteiger partial charge in [-0.3, -0.25) is 0 Å². The Hall–Kier alpha value is -1.76.